The van der Waals surface area contributed by atoms with Crippen LogP contribution in [-0.2, 0) is 6.42 Å². The Morgan fingerprint density at radius 1 is 1.30 bits per heavy atom. The molecule has 0 amide bonds. The van der Waals surface area contributed by atoms with Gasteiger partial charge in [0.25, 0.3) is 0 Å². The molecule has 0 radical (unpaired) electrons. The topological polar surface area (TPSA) is 49.3 Å². The van der Waals surface area contributed by atoms with Crippen LogP contribution in [0.5, 0.6) is 0 Å². The van der Waals surface area contributed by atoms with E-state index in [1.165, 1.54) is 30.7 Å². The molecule has 2 N–H and O–H groups in total. The van der Waals surface area contributed by atoms with E-state index in [0.29, 0.717) is 0 Å². The summed E-state index contributed by atoms with van der Waals surface area (Å²) in [6, 6.07) is 0. The molecule has 0 aliphatic heterocycles. The van der Waals surface area contributed by atoms with E-state index in [4.69, 9.17) is 0 Å². The van der Waals surface area contributed by atoms with Gasteiger partial charge in [0.1, 0.15) is 0 Å². The van der Waals surface area contributed by atoms with E-state index in [0.717, 1.165) is 50.6 Å². The van der Waals surface area contributed by atoms with E-state index in [1.54, 1.807) is 16.9 Å². The minimum atomic E-state index is 0.844. The third kappa shape index (κ3) is 7.16. The van der Waals surface area contributed by atoms with Gasteiger partial charge < -0.3 is 10.6 Å². The molecule has 0 spiro atoms. The maximum atomic E-state index is 4.67. The van der Waals surface area contributed by atoms with Gasteiger partial charge in [-0.25, -0.2) is 4.98 Å². The summed E-state index contributed by atoms with van der Waals surface area (Å²) in [4.78, 5) is 9.17. The van der Waals surface area contributed by atoms with Crippen LogP contribution in [-0.4, -0.2) is 30.6 Å². The monoisotopic (exact) mass is 334 g/mol. The predicted octanol–water partition coefficient (Wildman–Crippen LogP) is 3.83. The average molecular weight is 335 g/mol. The van der Waals surface area contributed by atoms with Crippen LogP contribution >= 0.6 is 11.3 Å². The average Bonchev–Trinajstić information content (AvgIpc) is 2.98. The molecule has 5 heteroatoms. The lowest BCUT2D eigenvalue weighted by Crippen LogP contribution is -2.38. The molecule has 23 heavy (non-hydrogen) atoms. The summed E-state index contributed by atoms with van der Waals surface area (Å²) >= 11 is 1.75. The molecule has 0 saturated carbocycles. The number of nitrogens with one attached hydrogen (secondary N) is 2. The van der Waals surface area contributed by atoms with Crippen molar-refractivity contribution in [3.63, 3.8) is 0 Å². The number of allylic oxidation sites excluding steroid dienone is 1. The minimum absolute atomic E-state index is 0.844. The molecule has 4 nitrogen and oxygen atoms in total. The quantitative estimate of drug-likeness (QED) is 0.329. The van der Waals surface area contributed by atoms with Gasteiger partial charge in [0.2, 0.25) is 0 Å². The van der Waals surface area contributed by atoms with Gasteiger partial charge in [-0.1, -0.05) is 11.6 Å². The van der Waals surface area contributed by atoms with Crippen molar-refractivity contribution in [3.8, 4) is 0 Å². The molecule has 0 saturated heterocycles. The predicted molar refractivity (Wildman–Crippen MR) is 100 cm³/mol. The Balaban J connectivity index is 1.67. The van der Waals surface area contributed by atoms with Crippen molar-refractivity contribution in [2.24, 2.45) is 4.99 Å². The molecule has 128 valence electrons. The lowest BCUT2D eigenvalue weighted by atomic mass is 9.97. The molecule has 1 aromatic heterocycles. The van der Waals surface area contributed by atoms with Crippen molar-refractivity contribution in [1.29, 1.82) is 0 Å². The smallest absolute Gasteiger partial charge is 0.191 e. The summed E-state index contributed by atoms with van der Waals surface area (Å²) in [5.74, 6) is 0.944. The molecule has 0 aromatic carbocycles. The first kappa shape index (κ1) is 18.0. The van der Waals surface area contributed by atoms with E-state index >= 15 is 0 Å². The van der Waals surface area contributed by atoms with Gasteiger partial charge in [0.15, 0.2) is 5.96 Å². The SMILES string of the molecule is CCNC(=NCCCc1nc(C)cs1)NCCC1=CCCCC1. The van der Waals surface area contributed by atoms with Gasteiger partial charge in [0.05, 0.1) is 5.01 Å². The first-order valence-electron chi connectivity index (χ1n) is 8.89. The number of rotatable bonds is 8. The molecule has 1 aromatic rings. The van der Waals surface area contributed by atoms with Crippen molar-refractivity contribution in [2.45, 2.75) is 58.8 Å². The molecular weight excluding hydrogens is 304 g/mol. The van der Waals surface area contributed by atoms with Crippen LogP contribution in [0.15, 0.2) is 22.0 Å². The van der Waals surface area contributed by atoms with E-state index in [1.807, 2.05) is 6.92 Å². The largest absolute Gasteiger partial charge is 0.357 e. The standard InChI is InChI=1S/C18H30N4S/c1-3-19-18(21-13-11-16-8-5-4-6-9-16)20-12-7-10-17-22-15(2)14-23-17/h8,14H,3-7,9-13H2,1-2H3,(H2,19,20,21). The van der Waals surface area contributed by atoms with Crippen LogP contribution in [0.25, 0.3) is 0 Å². The van der Waals surface area contributed by atoms with Crippen LogP contribution in [0.3, 0.4) is 0 Å². The van der Waals surface area contributed by atoms with Gasteiger partial charge in [-0.3, -0.25) is 4.99 Å². The van der Waals surface area contributed by atoms with Crippen LogP contribution in [0.4, 0.5) is 0 Å². The number of hydrogen-bond donors (Lipinski definition) is 2. The third-order valence-corrected chi connectivity index (χ3v) is 4.98. The van der Waals surface area contributed by atoms with Crippen molar-refractivity contribution in [2.75, 3.05) is 19.6 Å². The van der Waals surface area contributed by atoms with Crippen LogP contribution in [0, 0.1) is 6.92 Å². The number of aliphatic imine (C=N–C) groups is 1. The highest BCUT2D eigenvalue weighted by Crippen LogP contribution is 2.19. The highest BCUT2D eigenvalue weighted by Gasteiger charge is 2.04. The van der Waals surface area contributed by atoms with E-state index in [-0.39, 0.29) is 0 Å². The number of aromatic nitrogens is 1. The van der Waals surface area contributed by atoms with Crippen LogP contribution in [0.1, 0.15) is 56.2 Å². The fourth-order valence-electron chi connectivity index (χ4n) is 2.75. The van der Waals surface area contributed by atoms with Crippen molar-refractivity contribution in [1.82, 2.24) is 15.6 Å². The summed E-state index contributed by atoms with van der Waals surface area (Å²) in [5, 5.41) is 10.1. The third-order valence-electron chi connectivity index (χ3n) is 3.95. The Morgan fingerprint density at radius 3 is 2.91 bits per heavy atom. The molecule has 0 bridgehead atoms. The second-order valence-electron chi connectivity index (χ2n) is 6.03. The zero-order valence-electron chi connectivity index (χ0n) is 14.5. The van der Waals surface area contributed by atoms with Gasteiger partial charge in [-0.05, 0) is 52.4 Å². The summed E-state index contributed by atoms with van der Waals surface area (Å²) < 4.78 is 0. The molecule has 0 unspecified atom stereocenters. The van der Waals surface area contributed by atoms with Crippen LogP contribution < -0.4 is 10.6 Å². The molecule has 1 heterocycles. The number of hydrogen-bond acceptors (Lipinski definition) is 3. The highest BCUT2D eigenvalue weighted by molar-refractivity contribution is 7.09. The van der Waals surface area contributed by atoms with Gasteiger partial charge in [-0.15, -0.1) is 11.3 Å². The normalized spacial score (nSPS) is 15.4. The summed E-state index contributed by atoms with van der Waals surface area (Å²) in [7, 11) is 0. The number of guanidine groups is 1. The maximum absolute atomic E-state index is 4.67. The van der Waals surface area contributed by atoms with Gasteiger partial charge in [-0.2, -0.15) is 0 Å². The molecule has 2 rings (SSSR count). The van der Waals surface area contributed by atoms with E-state index in [9.17, 15) is 0 Å². The summed E-state index contributed by atoms with van der Waals surface area (Å²) in [5.41, 5.74) is 2.74. The first-order chi connectivity index (χ1) is 11.3. The molecular formula is C18H30N4S. The maximum Gasteiger partial charge on any atom is 0.191 e. The number of thiazole rings is 1. The summed E-state index contributed by atoms with van der Waals surface area (Å²) in [6.07, 6.45) is 10.9. The molecule has 1 aliphatic rings. The van der Waals surface area contributed by atoms with Crippen molar-refractivity contribution < 1.29 is 0 Å². The minimum Gasteiger partial charge on any atom is -0.357 e. The number of nitrogens with zero attached hydrogens (tertiary/aromatic N) is 2. The molecule has 1 aliphatic carbocycles. The first-order valence-corrected chi connectivity index (χ1v) is 9.77. The van der Waals surface area contributed by atoms with Crippen LogP contribution in [0.2, 0.25) is 0 Å². The number of aryl methyl sites for hydroxylation is 2. The lowest BCUT2D eigenvalue weighted by molar-refractivity contribution is 0.665. The van der Waals surface area contributed by atoms with E-state index in [2.05, 4.69) is 39.0 Å². The Kier molecular flexibility index (Phi) is 8.15. The van der Waals surface area contributed by atoms with Crippen molar-refractivity contribution >= 4 is 17.3 Å². The lowest BCUT2D eigenvalue weighted by Gasteiger charge is -2.15. The fourth-order valence-corrected chi connectivity index (χ4v) is 3.57. The van der Waals surface area contributed by atoms with E-state index < -0.39 is 0 Å². The molecule has 0 atom stereocenters. The van der Waals surface area contributed by atoms with Crippen molar-refractivity contribution in [3.05, 3.63) is 27.7 Å². The van der Waals surface area contributed by atoms with Gasteiger partial charge in [0, 0.05) is 37.1 Å². The fraction of sp³-hybridized carbons (Fsp3) is 0.667. The Bertz CT molecular complexity index is 519. The zero-order chi connectivity index (χ0) is 16.3. The van der Waals surface area contributed by atoms with Gasteiger partial charge >= 0.3 is 0 Å². The molecule has 0 fully saturated rings. The zero-order valence-corrected chi connectivity index (χ0v) is 15.3. The Hall–Kier alpha value is -1.36. The Morgan fingerprint density at radius 2 is 2.22 bits per heavy atom. The summed E-state index contributed by atoms with van der Waals surface area (Å²) in [6.45, 7) is 6.88. The second-order valence-corrected chi connectivity index (χ2v) is 6.97. The second kappa shape index (κ2) is 10.4. The Labute approximate surface area is 144 Å². The highest BCUT2D eigenvalue weighted by atomic mass is 32.1.